The maximum absolute atomic E-state index is 13.3. The molecule has 0 spiro atoms. The fourth-order valence-corrected chi connectivity index (χ4v) is 2.69. The first-order valence-electron chi connectivity index (χ1n) is 7.41. The lowest BCUT2D eigenvalue weighted by Gasteiger charge is -2.06. The van der Waals surface area contributed by atoms with Crippen LogP contribution in [0.2, 0.25) is 0 Å². The van der Waals surface area contributed by atoms with Gasteiger partial charge in [-0.15, -0.1) is 0 Å². The van der Waals surface area contributed by atoms with E-state index in [0.717, 1.165) is 28.8 Å². The molecule has 2 aromatic carbocycles. The molecule has 0 saturated heterocycles. The minimum Gasteiger partial charge on any atom is -0.298 e. The van der Waals surface area contributed by atoms with Crippen molar-refractivity contribution in [3.63, 3.8) is 0 Å². The maximum Gasteiger partial charge on any atom is 0.234 e. The minimum absolute atomic E-state index is 0.289. The Labute approximate surface area is 137 Å². The van der Waals surface area contributed by atoms with E-state index < -0.39 is 0 Å². The molecule has 0 saturated carbocycles. The van der Waals surface area contributed by atoms with Crippen molar-refractivity contribution >= 4 is 12.1 Å². The lowest BCUT2D eigenvalue weighted by molar-refractivity contribution is 0.112. The van der Waals surface area contributed by atoms with Crippen LogP contribution < -0.4 is 0 Å². The Bertz CT molecular complexity index is 1020. The largest absolute Gasteiger partial charge is 0.298 e. The summed E-state index contributed by atoms with van der Waals surface area (Å²) in [5.74, 6) is 0.272. The molecule has 0 aliphatic carbocycles. The Hall–Kier alpha value is -3.34. The van der Waals surface area contributed by atoms with Crippen molar-refractivity contribution in [2.45, 2.75) is 0 Å². The topological polar surface area (TPSA) is 47.3 Å². The minimum atomic E-state index is -0.289. The highest BCUT2D eigenvalue weighted by Gasteiger charge is 2.16. The quantitative estimate of drug-likeness (QED) is 0.536. The van der Waals surface area contributed by atoms with Crippen molar-refractivity contribution in [3.8, 4) is 22.5 Å². The van der Waals surface area contributed by atoms with Crippen LogP contribution in [-0.2, 0) is 0 Å². The number of benzene rings is 2. The predicted molar refractivity (Wildman–Crippen MR) is 89.2 cm³/mol. The van der Waals surface area contributed by atoms with Gasteiger partial charge in [0.15, 0.2) is 0 Å². The summed E-state index contributed by atoms with van der Waals surface area (Å²) < 4.78 is 15.2. The molecule has 116 valence electrons. The third kappa shape index (κ3) is 2.36. The molecule has 0 atom stereocenters. The first-order valence-corrected chi connectivity index (χ1v) is 7.41. The van der Waals surface area contributed by atoms with Crippen LogP contribution in [0.5, 0.6) is 0 Å². The van der Waals surface area contributed by atoms with Gasteiger partial charge in [0.2, 0.25) is 5.78 Å². The van der Waals surface area contributed by atoms with Crippen LogP contribution in [0.1, 0.15) is 10.4 Å². The smallest absolute Gasteiger partial charge is 0.234 e. The third-order valence-corrected chi connectivity index (χ3v) is 3.84. The zero-order valence-corrected chi connectivity index (χ0v) is 12.6. The molecular formula is C19H12FN3O. The maximum atomic E-state index is 13.3. The molecule has 0 fully saturated rings. The molecule has 5 heteroatoms. The standard InChI is InChI=1S/C19H12FN3O/c20-16-8-6-15(7-9-16)18-17(14-4-2-13(12-24)3-5-14)22-19-21-10-1-11-23(18)19/h1-12H. The normalized spacial score (nSPS) is 10.9. The SMILES string of the molecule is O=Cc1ccc(-c2nc3ncccn3c2-c2ccc(F)cc2)cc1. The fraction of sp³-hybridized carbons (Fsp3) is 0. The van der Waals surface area contributed by atoms with Crippen molar-refractivity contribution in [2.24, 2.45) is 0 Å². The van der Waals surface area contributed by atoms with Crippen LogP contribution >= 0.6 is 0 Å². The second kappa shape index (κ2) is 5.70. The number of aromatic nitrogens is 3. The summed E-state index contributed by atoms with van der Waals surface area (Å²) in [5, 5.41) is 0. The van der Waals surface area contributed by atoms with Crippen LogP contribution in [0.4, 0.5) is 4.39 Å². The highest BCUT2D eigenvalue weighted by atomic mass is 19.1. The molecule has 24 heavy (non-hydrogen) atoms. The summed E-state index contributed by atoms with van der Waals surface area (Å²) in [6, 6.07) is 15.3. The Morgan fingerprint density at radius 1 is 0.958 bits per heavy atom. The van der Waals surface area contributed by atoms with Gasteiger partial charge in [-0.3, -0.25) is 9.20 Å². The molecule has 4 rings (SSSR count). The number of carbonyl (C=O) groups is 1. The molecule has 2 heterocycles. The molecule has 0 bridgehead atoms. The van der Waals surface area contributed by atoms with E-state index in [1.165, 1.54) is 12.1 Å². The Morgan fingerprint density at radius 3 is 2.38 bits per heavy atom. The van der Waals surface area contributed by atoms with Crippen LogP contribution in [0.15, 0.2) is 67.0 Å². The van der Waals surface area contributed by atoms with Gasteiger partial charge in [-0.05, 0) is 30.3 Å². The van der Waals surface area contributed by atoms with Gasteiger partial charge >= 0.3 is 0 Å². The van der Waals surface area contributed by atoms with Gasteiger partial charge in [-0.2, -0.15) is 0 Å². The summed E-state index contributed by atoms with van der Waals surface area (Å²) in [4.78, 5) is 19.7. The number of fused-ring (bicyclic) bond motifs is 1. The molecule has 4 aromatic rings. The van der Waals surface area contributed by atoms with E-state index >= 15 is 0 Å². The van der Waals surface area contributed by atoms with Crippen molar-refractivity contribution < 1.29 is 9.18 Å². The highest BCUT2D eigenvalue weighted by Crippen LogP contribution is 2.32. The van der Waals surface area contributed by atoms with Gasteiger partial charge in [0, 0.05) is 29.1 Å². The second-order valence-corrected chi connectivity index (χ2v) is 5.35. The molecule has 0 radical (unpaired) electrons. The van der Waals surface area contributed by atoms with Gasteiger partial charge in [0.05, 0.1) is 11.4 Å². The first kappa shape index (κ1) is 14.3. The Kier molecular flexibility index (Phi) is 3.39. The van der Waals surface area contributed by atoms with E-state index in [1.807, 2.05) is 28.8 Å². The summed E-state index contributed by atoms with van der Waals surface area (Å²) in [6.07, 6.45) is 4.35. The van der Waals surface area contributed by atoms with Crippen molar-refractivity contribution in [3.05, 3.63) is 78.4 Å². The third-order valence-electron chi connectivity index (χ3n) is 3.84. The Morgan fingerprint density at radius 2 is 1.67 bits per heavy atom. The van der Waals surface area contributed by atoms with E-state index in [1.54, 1.807) is 30.5 Å². The lowest BCUT2D eigenvalue weighted by atomic mass is 10.0. The second-order valence-electron chi connectivity index (χ2n) is 5.35. The number of hydrogen-bond acceptors (Lipinski definition) is 3. The zero-order valence-electron chi connectivity index (χ0n) is 12.6. The molecule has 0 N–H and O–H groups in total. The lowest BCUT2D eigenvalue weighted by Crippen LogP contribution is -1.91. The van der Waals surface area contributed by atoms with Gasteiger partial charge in [0.25, 0.3) is 0 Å². The number of nitrogens with zero attached hydrogens (tertiary/aromatic N) is 3. The molecule has 0 unspecified atom stereocenters. The summed E-state index contributed by atoms with van der Waals surface area (Å²) in [6.45, 7) is 0. The van der Waals surface area contributed by atoms with Crippen LogP contribution in [0, 0.1) is 5.82 Å². The van der Waals surface area contributed by atoms with Crippen molar-refractivity contribution in [1.29, 1.82) is 0 Å². The molecule has 0 aliphatic heterocycles. The van der Waals surface area contributed by atoms with Gasteiger partial charge < -0.3 is 0 Å². The number of aldehydes is 1. The van der Waals surface area contributed by atoms with Gasteiger partial charge in [-0.25, -0.2) is 14.4 Å². The summed E-state index contributed by atoms with van der Waals surface area (Å²) in [5.41, 5.74) is 3.87. The first-order chi connectivity index (χ1) is 11.8. The van der Waals surface area contributed by atoms with Crippen LogP contribution in [0.3, 0.4) is 0 Å². The highest BCUT2D eigenvalue weighted by molar-refractivity contribution is 5.83. The number of hydrogen-bond donors (Lipinski definition) is 0. The van der Waals surface area contributed by atoms with Crippen molar-refractivity contribution in [1.82, 2.24) is 14.4 Å². The van der Waals surface area contributed by atoms with E-state index in [-0.39, 0.29) is 5.82 Å². The molecular weight excluding hydrogens is 305 g/mol. The van der Waals surface area contributed by atoms with Crippen LogP contribution in [-0.4, -0.2) is 20.7 Å². The number of carbonyl (C=O) groups excluding carboxylic acids is 1. The average molecular weight is 317 g/mol. The van der Waals surface area contributed by atoms with Gasteiger partial charge in [-0.1, -0.05) is 24.3 Å². The van der Waals surface area contributed by atoms with Gasteiger partial charge in [0.1, 0.15) is 12.1 Å². The predicted octanol–water partition coefficient (Wildman–Crippen LogP) is 4.01. The number of imidazole rings is 1. The van der Waals surface area contributed by atoms with Crippen LogP contribution in [0.25, 0.3) is 28.3 Å². The van der Waals surface area contributed by atoms with E-state index in [0.29, 0.717) is 11.3 Å². The summed E-state index contributed by atoms with van der Waals surface area (Å²) >= 11 is 0. The molecule has 0 aliphatic rings. The average Bonchev–Trinajstić information content (AvgIpc) is 3.02. The van der Waals surface area contributed by atoms with E-state index in [9.17, 15) is 9.18 Å². The number of halogens is 1. The number of rotatable bonds is 3. The Balaban J connectivity index is 1.98. The summed E-state index contributed by atoms with van der Waals surface area (Å²) in [7, 11) is 0. The van der Waals surface area contributed by atoms with Crippen molar-refractivity contribution in [2.75, 3.05) is 0 Å². The zero-order chi connectivity index (χ0) is 16.5. The van der Waals surface area contributed by atoms with E-state index in [4.69, 9.17) is 0 Å². The monoisotopic (exact) mass is 317 g/mol. The molecule has 2 aromatic heterocycles. The molecule has 0 amide bonds. The fourth-order valence-electron chi connectivity index (χ4n) is 2.69. The van der Waals surface area contributed by atoms with E-state index in [2.05, 4.69) is 9.97 Å². The molecule has 4 nitrogen and oxygen atoms in total.